The molecule has 0 fully saturated rings. The van der Waals surface area contributed by atoms with Gasteiger partial charge in [0.05, 0.1) is 4.90 Å². The lowest BCUT2D eigenvalue weighted by Gasteiger charge is -2.10. The number of hydrogen-bond acceptors (Lipinski definition) is 3. The molecule has 0 bridgehead atoms. The lowest BCUT2D eigenvalue weighted by Crippen LogP contribution is -2.23. The Morgan fingerprint density at radius 2 is 1.34 bits per heavy atom. The standard InChI is InChI=1S/C24H39ClO3S/c1-3-4-5-6-7-8-9-10-11-12-13-14-15-17-22-18-16-19-23(20-22)29(27,28)21(2)24(25)26/h16,18-21H,3-15,17H2,1-2H3. The molecular formula is C24H39ClO3S. The Morgan fingerprint density at radius 3 is 1.83 bits per heavy atom. The summed E-state index contributed by atoms with van der Waals surface area (Å²) in [6.07, 6.45) is 18.0. The van der Waals surface area contributed by atoms with Crippen molar-refractivity contribution in [2.24, 2.45) is 0 Å². The average molecular weight is 443 g/mol. The fourth-order valence-electron chi connectivity index (χ4n) is 3.55. The van der Waals surface area contributed by atoms with E-state index in [0.29, 0.717) is 0 Å². The number of hydrogen-bond donors (Lipinski definition) is 0. The van der Waals surface area contributed by atoms with Gasteiger partial charge in [-0.2, -0.15) is 0 Å². The molecule has 5 heteroatoms. The molecule has 0 aliphatic rings. The van der Waals surface area contributed by atoms with Crippen molar-refractivity contribution in [1.82, 2.24) is 0 Å². The zero-order valence-corrected chi connectivity index (χ0v) is 19.9. The van der Waals surface area contributed by atoms with E-state index < -0.39 is 20.3 Å². The number of aryl methyl sites for hydroxylation is 1. The average Bonchev–Trinajstić information content (AvgIpc) is 2.71. The van der Waals surface area contributed by atoms with E-state index in [0.717, 1.165) is 18.4 Å². The molecule has 0 amide bonds. The van der Waals surface area contributed by atoms with Crippen molar-refractivity contribution >= 4 is 26.7 Å². The number of carbonyl (C=O) groups excluding carboxylic acids is 1. The number of unbranched alkanes of at least 4 members (excludes halogenated alkanes) is 12. The first kappa shape index (κ1) is 26.2. The number of carbonyl (C=O) groups is 1. The molecule has 1 atom stereocenters. The summed E-state index contributed by atoms with van der Waals surface area (Å²) in [6.45, 7) is 3.60. The first-order valence-corrected chi connectivity index (χ1v) is 13.3. The van der Waals surface area contributed by atoms with E-state index in [9.17, 15) is 13.2 Å². The van der Waals surface area contributed by atoms with Gasteiger partial charge < -0.3 is 0 Å². The first-order chi connectivity index (χ1) is 13.9. The van der Waals surface area contributed by atoms with Gasteiger partial charge in [-0.1, -0.05) is 96.1 Å². The molecule has 0 saturated carbocycles. The predicted molar refractivity (Wildman–Crippen MR) is 123 cm³/mol. The summed E-state index contributed by atoms with van der Waals surface area (Å²) in [4.78, 5) is 11.4. The van der Waals surface area contributed by atoms with Crippen molar-refractivity contribution < 1.29 is 13.2 Å². The Kier molecular flexibility index (Phi) is 13.5. The second-order valence-electron chi connectivity index (χ2n) is 8.13. The van der Waals surface area contributed by atoms with E-state index in [2.05, 4.69) is 6.92 Å². The Hall–Kier alpha value is -0.870. The lowest BCUT2D eigenvalue weighted by molar-refractivity contribution is -0.111. The molecule has 0 N–H and O–H groups in total. The summed E-state index contributed by atoms with van der Waals surface area (Å²) < 4.78 is 24.8. The maximum atomic E-state index is 12.4. The third kappa shape index (κ3) is 10.6. The van der Waals surface area contributed by atoms with Crippen LogP contribution in [0.4, 0.5) is 0 Å². The third-order valence-corrected chi connectivity index (χ3v) is 8.09. The van der Waals surface area contributed by atoms with Crippen LogP contribution in [0.25, 0.3) is 0 Å². The van der Waals surface area contributed by atoms with Crippen LogP contribution in [0.5, 0.6) is 0 Å². The van der Waals surface area contributed by atoms with Gasteiger partial charge in [-0.3, -0.25) is 4.79 Å². The normalized spacial score (nSPS) is 12.8. The molecule has 3 nitrogen and oxygen atoms in total. The van der Waals surface area contributed by atoms with Crippen molar-refractivity contribution in [2.75, 3.05) is 0 Å². The number of halogens is 1. The summed E-state index contributed by atoms with van der Waals surface area (Å²) in [7, 11) is -3.70. The summed E-state index contributed by atoms with van der Waals surface area (Å²) in [5, 5.41) is -2.05. The van der Waals surface area contributed by atoms with E-state index in [1.165, 1.54) is 84.0 Å². The highest BCUT2D eigenvalue weighted by molar-refractivity contribution is 7.93. The molecule has 1 aromatic carbocycles. The van der Waals surface area contributed by atoms with Gasteiger partial charge in [-0.05, 0) is 49.1 Å². The zero-order chi connectivity index (χ0) is 21.5. The van der Waals surface area contributed by atoms with Gasteiger partial charge in [-0.15, -0.1) is 0 Å². The molecule has 0 radical (unpaired) electrons. The highest BCUT2D eigenvalue weighted by atomic mass is 35.5. The van der Waals surface area contributed by atoms with Crippen LogP contribution in [-0.4, -0.2) is 18.9 Å². The maximum Gasteiger partial charge on any atom is 0.239 e. The predicted octanol–water partition coefficient (Wildman–Crippen LogP) is 7.25. The summed E-state index contributed by atoms with van der Waals surface area (Å²) in [5.74, 6) is 0. The van der Waals surface area contributed by atoms with Gasteiger partial charge in [0, 0.05) is 0 Å². The molecule has 1 aromatic rings. The second-order valence-corrected chi connectivity index (χ2v) is 10.8. The Morgan fingerprint density at radius 1 is 0.862 bits per heavy atom. The highest BCUT2D eigenvalue weighted by Crippen LogP contribution is 2.20. The van der Waals surface area contributed by atoms with E-state index in [1.54, 1.807) is 18.2 Å². The van der Waals surface area contributed by atoms with Crippen LogP contribution >= 0.6 is 11.6 Å². The van der Waals surface area contributed by atoms with Gasteiger partial charge in [0.2, 0.25) is 5.24 Å². The van der Waals surface area contributed by atoms with Crippen LogP contribution in [0.2, 0.25) is 0 Å². The van der Waals surface area contributed by atoms with Gasteiger partial charge >= 0.3 is 0 Å². The van der Waals surface area contributed by atoms with Crippen molar-refractivity contribution in [3.8, 4) is 0 Å². The third-order valence-electron chi connectivity index (χ3n) is 5.58. The molecule has 29 heavy (non-hydrogen) atoms. The molecule has 0 aromatic heterocycles. The van der Waals surface area contributed by atoms with Crippen LogP contribution in [0, 0.1) is 0 Å². The van der Waals surface area contributed by atoms with Gasteiger partial charge in [0.1, 0.15) is 5.25 Å². The summed E-state index contributed by atoms with van der Waals surface area (Å²) in [5.41, 5.74) is 1.00. The summed E-state index contributed by atoms with van der Waals surface area (Å²) >= 11 is 5.38. The van der Waals surface area contributed by atoms with Crippen LogP contribution in [0.1, 0.15) is 103 Å². The quantitative estimate of drug-likeness (QED) is 0.188. The molecule has 166 valence electrons. The molecular weight excluding hydrogens is 404 g/mol. The second kappa shape index (κ2) is 15.0. The van der Waals surface area contributed by atoms with E-state index in [-0.39, 0.29) is 4.90 Å². The topological polar surface area (TPSA) is 51.2 Å². The molecule has 0 spiro atoms. The molecule has 0 aliphatic heterocycles. The Balaban J connectivity index is 2.17. The number of sulfone groups is 1. The minimum atomic E-state index is -3.70. The van der Waals surface area contributed by atoms with Crippen LogP contribution in [0.15, 0.2) is 29.2 Å². The van der Waals surface area contributed by atoms with Gasteiger partial charge in [0.25, 0.3) is 0 Å². The SMILES string of the molecule is CCCCCCCCCCCCCCCc1cccc(S(=O)(=O)C(C)C(=O)Cl)c1. The Bertz CT molecular complexity index is 685. The number of rotatable bonds is 17. The van der Waals surface area contributed by atoms with Crippen molar-refractivity contribution in [2.45, 2.75) is 114 Å². The van der Waals surface area contributed by atoms with Crippen molar-refractivity contribution in [3.63, 3.8) is 0 Å². The molecule has 1 unspecified atom stereocenters. The van der Waals surface area contributed by atoms with Crippen molar-refractivity contribution in [3.05, 3.63) is 29.8 Å². The fraction of sp³-hybridized carbons (Fsp3) is 0.708. The molecule has 0 saturated heterocycles. The van der Waals surface area contributed by atoms with Gasteiger partial charge in [0.15, 0.2) is 9.84 Å². The molecule has 0 heterocycles. The minimum Gasteiger partial charge on any atom is -0.280 e. The first-order valence-electron chi connectivity index (χ1n) is 11.4. The van der Waals surface area contributed by atoms with Gasteiger partial charge in [-0.25, -0.2) is 8.42 Å². The number of benzene rings is 1. The smallest absolute Gasteiger partial charge is 0.239 e. The fourth-order valence-corrected chi connectivity index (χ4v) is 5.14. The van der Waals surface area contributed by atoms with Crippen LogP contribution in [-0.2, 0) is 21.1 Å². The monoisotopic (exact) mass is 442 g/mol. The molecule has 1 rings (SSSR count). The largest absolute Gasteiger partial charge is 0.280 e. The zero-order valence-electron chi connectivity index (χ0n) is 18.3. The Labute approximate surface area is 183 Å². The lowest BCUT2D eigenvalue weighted by atomic mass is 10.0. The van der Waals surface area contributed by atoms with Crippen molar-refractivity contribution in [1.29, 1.82) is 0 Å². The van der Waals surface area contributed by atoms with Crippen LogP contribution in [0.3, 0.4) is 0 Å². The highest BCUT2D eigenvalue weighted by Gasteiger charge is 2.28. The maximum absolute atomic E-state index is 12.4. The summed E-state index contributed by atoms with van der Waals surface area (Å²) in [6, 6.07) is 6.92. The van der Waals surface area contributed by atoms with Crippen LogP contribution < -0.4 is 0 Å². The minimum absolute atomic E-state index is 0.186. The van der Waals surface area contributed by atoms with E-state index in [1.807, 2.05) is 6.07 Å². The van der Waals surface area contributed by atoms with E-state index in [4.69, 9.17) is 11.6 Å². The van der Waals surface area contributed by atoms with E-state index >= 15 is 0 Å². The molecule has 0 aliphatic carbocycles.